The second-order valence-electron chi connectivity index (χ2n) is 5.82. The highest BCUT2D eigenvalue weighted by Gasteiger charge is 2.20. The van der Waals surface area contributed by atoms with Gasteiger partial charge >= 0.3 is 6.03 Å². The van der Waals surface area contributed by atoms with Crippen molar-refractivity contribution in [3.05, 3.63) is 40.7 Å². The van der Waals surface area contributed by atoms with Crippen LogP contribution in [0.25, 0.3) is 0 Å². The largest absolute Gasteiger partial charge is 0.379 e. The van der Waals surface area contributed by atoms with E-state index in [1.807, 2.05) is 19.1 Å². The van der Waals surface area contributed by atoms with Crippen molar-refractivity contribution in [2.75, 3.05) is 25.1 Å². The molecule has 2 aromatic heterocycles. The number of pyridine rings is 1. The van der Waals surface area contributed by atoms with Crippen molar-refractivity contribution in [3.8, 4) is 11.8 Å². The molecule has 0 spiro atoms. The molecule has 2 aromatic rings. The molecule has 2 N–H and O–H groups in total. The van der Waals surface area contributed by atoms with E-state index < -0.39 is 0 Å². The Kier molecular flexibility index (Phi) is 5.99. The van der Waals surface area contributed by atoms with Crippen LogP contribution < -0.4 is 10.6 Å². The first-order valence-corrected chi connectivity index (χ1v) is 9.04. The van der Waals surface area contributed by atoms with E-state index in [4.69, 9.17) is 4.74 Å². The van der Waals surface area contributed by atoms with Gasteiger partial charge in [0.1, 0.15) is 4.88 Å². The number of urea groups is 1. The van der Waals surface area contributed by atoms with Gasteiger partial charge in [0.2, 0.25) is 0 Å². The maximum atomic E-state index is 11.9. The number of anilines is 1. The number of carbonyl (C=O) groups is 1. The van der Waals surface area contributed by atoms with E-state index >= 15 is 0 Å². The van der Waals surface area contributed by atoms with E-state index in [9.17, 15) is 4.79 Å². The molecule has 130 valence electrons. The first-order chi connectivity index (χ1) is 12.2. The summed E-state index contributed by atoms with van der Waals surface area (Å²) in [5.41, 5.74) is 1.69. The van der Waals surface area contributed by atoms with Gasteiger partial charge < -0.3 is 10.1 Å². The maximum Gasteiger partial charge on any atom is 0.321 e. The van der Waals surface area contributed by atoms with E-state index in [0.717, 1.165) is 28.7 Å². The predicted molar refractivity (Wildman–Crippen MR) is 97.6 cm³/mol. The summed E-state index contributed by atoms with van der Waals surface area (Å²) in [6, 6.07) is 3.42. The molecule has 0 atom stereocenters. The zero-order valence-electron chi connectivity index (χ0n) is 14.0. The van der Waals surface area contributed by atoms with Gasteiger partial charge in [-0.2, -0.15) is 0 Å². The van der Waals surface area contributed by atoms with Gasteiger partial charge in [0, 0.05) is 31.1 Å². The Morgan fingerprint density at radius 1 is 1.36 bits per heavy atom. The van der Waals surface area contributed by atoms with Gasteiger partial charge in [-0.15, -0.1) is 0 Å². The lowest BCUT2D eigenvalue weighted by Gasteiger charge is -2.05. The minimum atomic E-state index is -0.280. The molecule has 0 bridgehead atoms. The molecule has 2 heterocycles. The van der Waals surface area contributed by atoms with Crippen LogP contribution in [0.2, 0.25) is 0 Å². The number of ether oxygens (including phenoxy) is 1. The topological polar surface area (TPSA) is 76.1 Å². The van der Waals surface area contributed by atoms with Crippen LogP contribution in [-0.2, 0) is 4.74 Å². The molecule has 1 aliphatic rings. The van der Waals surface area contributed by atoms with Gasteiger partial charge in [-0.1, -0.05) is 17.3 Å². The molecule has 6 nitrogen and oxygen atoms in total. The lowest BCUT2D eigenvalue weighted by atomic mass is 10.2. The second-order valence-corrected chi connectivity index (χ2v) is 6.82. The molecule has 0 aliphatic heterocycles. The zero-order valence-corrected chi connectivity index (χ0v) is 14.9. The van der Waals surface area contributed by atoms with Crippen LogP contribution in [0.5, 0.6) is 0 Å². The van der Waals surface area contributed by atoms with Crippen molar-refractivity contribution in [2.24, 2.45) is 5.92 Å². The molecule has 0 saturated heterocycles. The molecule has 0 radical (unpaired) electrons. The number of hydrogen-bond donors (Lipinski definition) is 2. The van der Waals surface area contributed by atoms with Crippen LogP contribution in [0.3, 0.4) is 0 Å². The molecule has 1 aliphatic carbocycles. The van der Waals surface area contributed by atoms with Crippen LogP contribution in [0.4, 0.5) is 9.93 Å². The van der Waals surface area contributed by atoms with E-state index in [1.165, 1.54) is 24.2 Å². The van der Waals surface area contributed by atoms with E-state index in [1.54, 1.807) is 12.4 Å². The third-order valence-corrected chi connectivity index (χ3v) is 4.59. The van der Waals surface area contributed by atoms with Gasteiger partial charge in [-0.05, 0) is 43.7 Å². The first-order valence-electron chi connectivity index (χ1n) is 8.23. The average Bonchev–Trinajstić information content (AvgIpc) is 3.37. The lowest BCUT2D eigenvalue weighted by Crippen LogP contribution is -2.31. The Hall–Kier alpha value is -2.43. The van der Waals surface area contributed by atoms with Crippen molar-refractivity contribution in [3.63, 3.8) is 0 Å². The number of nitrogens with one attached hydrogen (secondary N) is 2. The Labute approximate surface area is 151 Å². The number of aromatic nitrogens is 2. The number of carbonyl (C=O) groups excluding carboxylic acids is 1. The monoisotopic (exact) mass is 356 g/mol. The van der Waals surface area contributed by atoms with Gasteiger partial charge in [0.25, 0.3) is 0 Å². The van der Waals surface area contributed by atoms with Gasteiger partial charge in [-0.25, -0.2) is 9.78 Å². The normalized spacial score (nSPS) is 13.0. The number of thiazole rings is 1. The average molecular weight is 356 g/mol. The zero-order chi connectivity index (χ0) is 17.5. The van der Waals surface area contributed by atoms with Crippen molar-refractivity contribution >= 4 is 22.5 Å². The fourth-order valence-corrected chi connectivity index (χ4v) is 2.86. The quantitative estimate of drug-likeness (QED) is 0.616. The van der Waals surface area contributed by atoms with Crippen LogP contribution in [-0.4, -0.2) is 35.8 Å². The van der Waals surface area contributed by atoms with Crippen molar-refractivity contribution in [1.82, 2.24) is 15.3 Å². The summed E-state index contributed by atoms with van der Waals surface area (Å²) in [5, 5.41) is 6.03. The van der Waals surface area contributed by atoms with Gasteiger partial charge in [0.05, 0.1) is 12.3 Å². The molecule has 0 aromatic carbocycles. The fourth-order valence-electron chi connectivity index (χ4n) is 2.04. The molecule has 3 rings (SSSR count). The number of rotatable bonds is 6. The molecule has 1 saturated carbocycles. The summed E-state index contributed by atoms with van der Waals surface area (Å²) < 4.78 is 5.48. The SMILES string of the molecule is Cc1nc(NC(=O)NCCOCC2CC2)sc1C#Cc1ccncc1. The maximum absolute atomic E-state index is 11.9. The summed E-state index contributed by atoms with van der Waals surface area (Å²) in [6.07, 6.45) is 5.94. The Morgan fingerprint density at radius 3 is 2.92 bits per heavy atom. The van der Waals surface area contributed by atoms with Crippen molar-refractivity contribution < 1.29 is 9.53 Å². The molecular weight excluding hydrogens is 336 g/mol. The Morgan fingerprint density at radius 2 is 2.16 bits per heavy atom. The minimum absolute atomic E-state index is 0.280. The highest BCUT2D eigenvalue weighted by atomic mass is 32.1. The predicted octanol–water partition coefficient (Wildman–Crippen LogP) is 2.79. The molecule has 0 unspecified atom stereocenters. The van der Waals surface area contributed by atoms with E-state index in [0.29, 0.717) is 18.3 Å². The van der Waals surface area contributed by atoms with Crippen LogP contribution in [0.1, 0.15) is 29.0 Å². The minimum Gasteiger partial charge on any atom is -0.379 e. The third-order valence-electron chi connectivity index (χ3n) is 3.60. The lowest BCUT2D eigenvalue weighted by molar-refractivity contribution is 0.127. The van der Waals surface area contributed by atoms with Crippen molar-refractivity contribution in [2.45, 2.75) is 19.8 Å². The summed E-state index contributed by atoms with van der Waals surface area (Å²) in [7, 11) is 0. The molecular formula is C18H20N4O2S. The first kappa shape index (κ1) is 17.4. The number of amides is 2. The summed E-state index contributed by atoms with van der Waals surface area (Å²) in [5.74, 6) is 6.89. The van der Waals surface area contributed by atoms with Gasteiger partial charge in [-0.3, -0.25) is 10.3 Å². The standard InChI is InChI=1S/C18H20N4O2S/c1-13-16(5-4-14-6-8-19-9-7-14)25-18(21-13)22-17(23)20-10-11-24-12-15-2-3-15/h6-9,15H,2-3,10-12H2,1H3,(H2,20,21,22,23). The van der Waals surface area contributed by atoms with E-state index in [-0.39, 0.29) is 6.03 Å². The molecule has 1 fully saturated rings. The van der Waals surface area contributed by atoms with Crippen LogP contribution >= 0.6 is 11.3 Å². The summed E-state index contributed by atoms with van der Waals surface area (Å²) in [6.45, 7) is 3.69. The van der Waals surface area contributed by atoms with Crippen LogP contribution in [0.15, 0.2) is 24.5 Å². The number of nitrogens with zero attached hydrogens (tertiary/aromatic N) is 2. The smallest absolute Gasteiger partial charge is 0.321 e. The molecule has 2 amide bonds. The Bertz CT molecular complexity index is 775. The van der Waals surface area contributed by atoms with Gasteiger partial charge in [0.15, 0.2) is 5.13 Å². The molecule has 25 heavy (non-hydrogen) atoms. The highest BCUT2D eigenvalue weighted by molar-refractivity contribution is 7.16. The van der Waals surface area contributed by atoms with Crippen LogP contribution in [0, 0.1) is 24.7 Å². The molecule has 7 heteroatoms. The van der Waals surface area contributed by atoms with Crippen molar-refractivity contribution in [1.29, 1.82) is 0 Å². The third kappa shape index (κ3) is 5.85. The number of hydrogen-bond acceptors (Lipinski definition) is 5. The summed E-state index contributed by atoms with van der Waals surface area (Å²) >= 11 is 1.36. The summed E-state index contributed by atoms with van der Waals surface area (Å²) in [4.78, 5) is 21.0. The number of aryl methyl sites for hydroxylation is 1. The second kappa shape index (κ2) is 8.60. The highest BCUT2D eigenvalue weighted by Crippen LogP contribution is 2.28. The van der Waals surface area contributed by atoms with E-state index in [2.05, 4.69) is 32.4 Å². The Balaban J connectivity index is 1.46. The fraction of sp³-hybridized carbons (Fsp3) is 0.389.